The van der Waals surface area contributed by atoms with Crippen LogP contribution < -0.4 is 10.3 Å². The van der Waals surface area contributed by atoms with Gasteiger partial charge in [0.1, 0.15) is 21.3 Å². The maximum absolute atomic E-state index is 13.3. The number of carbonyl (C=O) groups is 1. The van der Waals surface area contributed by atoms with Gasteiger partial charge in [-0.1, -0.05) is 41.6 Å². The molecule has 10 heteroatoms. The van der Waals surface area contributed by atoms with E-state index in [1.807, 2.05) is 6.92 Å². The topological polar surface area (TPSA) is 73.1 Å². The predicted octanol–water partition coefficient (Wildman–Crippen LogP) is 4.30. The second kappa shape index (κ2) is 9.41. The monoisotopic (exact) mass is 487 g/mol. The van der Waals surface area contributed by atoms with E-state index in [0.29, 0.717) is 38.8 Å². The van der Waals surface area contributed by atoms with Crippen LogP contribution >= 0.6 is 35.6 Å². The molecule has 32 heavy (non-hydrogen) atoms. The number of pyridine rings is 1. The van der Waals surface area contributed by atoms with Crippen LogP contribution in [0.1, 0.15) is 11.1 Å². The number of nitrogens with zero attached hydrogens (tertiary/aromatic N) is 3. The van der Waals surface area contributed by atoms with E-state index in [0.717, 1.165) is 17.3 Å². The summed E-state index contributed by atoms with van der Waals surface area (Å²) in [5, 5.41) is 0.601. The number of benzene rings is 1. The van der Waals surface area contributed by atoms with Gasteiger partial charge in [0.05, 0.1) is 18.1 Å². The van der Waals surface area contributed by atoms with Crippen LogP contribution in [0.5, 0.6) is 11.6 Å². The lowest BCUT2D eigenvalue weighted by molar-refractivity contribution is -0.122. The molecule has 1 saturated heterocycles. The summed E-state index contributed by atoms with van der Waals surface area (Å²) in [6, 6.07) is 10.4. The van der Waals surface area contributed by atoms with Crippen LogP contribution in [-0.4, -0.2) is 44.8 Å². The van der Waals surface area contributed by atoms with Gasteiger partial charge >= 0.3 is 0 Å². The SMILES string of the molecule is COCCN1C(=O)/C(=C\c2c(Oc3ccc(Cl)c(C)c3)nc3ccccn3c2=O)SC1=S. The number of methoxy groups -OCH3 is 1. The van der Waals surface area contributed by atoms with E-state index < -0.39 is 0 Å². The second-order valence-corrected chi connectivity index (χ2v) is 8.99. The third-order valence-corrected chi connectivity index (χ3v) is 6.55. The molecule has 1 aliphatic heterocycles. The standard InChI is InChI=1S/C22H18ClN3O4S2/c1-13-11-14(6-7-16(13)23)30-19-15(20(27)25-8-4-3-5-18(25)24-19)12-17-21(28)26(9-10-29-2)22(31)32-17/h3-8,11-12H,9-10H2,1-2H3/b17-12+. The van der Waals surface area contributed by atoms with Crippen molar-refractivity contribution in [3.05, 3.63) is 74.0 Å². The lowest BCUT2D eigenvalue weighted by Gasteiger charge is -2.13. The van der Waals surface area contributed by atoms with E-state index in [2.05, 4.69) is 4.98 Å². The second-order valence-electron chi connectivity index (χ2n) is 6.90. The van der Waals surface area contributed by atoms with E-state index >= 15 is 0 Å². The van der Waals surface area contributed by atoms with Crippen molar-refractivity contribution in [2.45, 2.75) is 6.92 Å². The molecule has 1 aromatic carbocycles. The molecule has 4 rings (SSSR count). The molecule has 2 aromatic heterocycles. The largest absolute Gasteiger partial charge is 0.438 e. The zero-order valence-corrected chi connectivity index (χ0v) is 19.6. The summed E-state index contributed by atoms with van der Waals surface area (Å²) in [7, 11) is 1.55. The third-order valence-electron chi connectivity index (χ3n) is 4.75. The Hall–Kier alpha value is -2.72. The van der Waals surface area contributed by atoms with Crippen molar-refractivity contribution in [1.82, 2.24) is 14.3 Å². The van der Waals surface area contributed by atoms with E-state index in [1.54, 1.807) is 49.7 Å². The van der Waals surface area contributed by atoms with Crippen LogP contribution in [0.25, 0.3) is 11.7 Å². The van der Waals surface area contributed by atoms with Crippen LogP contribution in [-0.2, 0) is 9.53 Å². The summed E-state index contributed by atoms with van der Waals surface area (Å²) in [6.45, 7) is 2.54. The van der Waals surface area contributed by atoms with Crippen molar-refractivity contribution in [3.8, 4) is 11.6 Å². The first kappa shape index (κ1) is 22.5. The van der Waals surface area contributed by atoms with Gasteiger partial charge in [-0.15, -0.1) is 0 Å². The highest BCUT2D eigenvalue weighted by Crippen LogP contribution is 2.34. The number of aryl methyl sites for hydroxylation is 1. The average molecular weight is 488 g/mol. The van der Waals surface area contributed by atoms with Crippen molar-refractivity contribution >= 4 is 57.5 Å². The Morgan fingerprint density at radius 1 is 1.25 bits per heavy atom. The van der Waals surface area contributed by atoms with Crippen molar-refractivity contribution < 1.29 is 14.3 Å². The van der Waals surface area contributed by atoms with Crippen molar-refractivity contribution in [2.24, 2.45) is 0 Å². The van der Waals surface area contributed by atoms with Crippen LogP contribution in [0.15, 0.2) is 52.3 Å². The summed E-state index contributed by atoms with van der Waals surface area (Å²) in [4.78, 5) is 32.4. The number of hydrogen-bond acceptors (Lipinski definition) is 7. The number of fused-ring (bicyclic) bond motifs is 1. The Morgan fingerprint density at radius 3 is 2.81 bits per heavy atom. The number of halogens is 1. The number of rotatable bonds is 6. The molecule has 3 heterocycles. The summed E-state index contributed by atoms with van der Waals surface area (Å²) in [6.07, 6.45) is 3.10. The highest BCUT2D eigenvalue weighted by atomic mass is 35.5. The van der Waals surface area contributed by atoms with Crippen LogP contribution in [0.4, 0.5) is 0 Å². The number of hydrogen-bond donors (Lipinski definition) is 0. The molecule has 7 nitrogen and oxygen atoms in total. The Kier molecular flexibility index (Phi) is 6.61. The number of aromatic nitrogens is 2. The van der Waals surface area contributed by atoms with Gasteiger partial charge in [-0.05, 0) is 48.9 Å². The normalized spacial score (nSPS) is 15.2. The minimum atomic E-state index is -0.363. The molecular formula is C22H18ClN3O4S2. The Bertz CT molecular complexity index is 1320. The molecule has 3 aromatic rings. The molecule has 0 aliphatic carbocycles. The highest BCUT2D eigenvalue weighted by molar-refractivity contribution is 8.26. The fourth-order valence-corrected chi connectivity index (χ4v) is 4.49. The van der Waals surface area contributed by atoms with Gasteiger partial charge in [0.2, 0.25) is 5.88 Å². The highest BCUT2D eigenvalue weighted by Gasteiger charge is 2.32. The number of carbonyl (C=O) groups excluding carboxylic acids is 1. The Labute approximate surface area is 198 Å². The zero-order valence-electron chi connectivity index (χ0n) is 17.2. The van der Waals surface area contributed by atoms with Crippen molar-refractivity contribution in [1.29, 1.82) is 0 Å². The van der Waals surface area contributed by atoms with Crippen LogP contribution in [0.3, 0.4) is 0 Å². The number of thioether (sulfide) groups is 1. The first-order valence-electron chi connectivity index (χ1n) is 9.58. The summed E-state index contributed by atoms with van der Waals surface area (Å²) >= 11 is 12.6. The van der Waals surface area contributed by atoms with Crippen LogP contribution in [0.2, 0.25) is 5.02 Å². The minimum absolute atomic E-state index is 0.0880. The van der Waals surface area contributed by atoms with Gasteiger partial charge in [0.25, 0.3) is 11.5 Å². The first-order chi connectivity index (χ1) is 15.4. The number of amides is 1. The minimum Gasteiger partial charge on any atom is -0.438 e. The number of thiocarbonyl (C=S) groups is 1. The van der Waals surface area contributed by atoms with Crippen molar-refractivity contribution in [2.75, 3.05) is 20.3 Å². The van der Waals surface area contributed by atoms with E-state index in [1.165, 1.54) is 15.4 Å². The van der Waals surface area contributed by atoms with E-state index in [-0.39, 0.29) is 22.9 Å². The summed E-state index contributed by atoms with van der Waals surface area (Å²) < 4.78 is 12.8. The van der Waals surface area contributed by atoms with Gasteiger partial charge in [-0.25, -0.2) is 0 Å². The molecule has 164 valence electrons. The number of ether oxygens (including phenoxy) is 2. The molecule has 1 aliphatic rings. The molecule has 0 spiro atoms. The first-order valence-corrected chi connectivity index (χ1v) is 11.2. The summed E-state index contributed by atoms with van der Waals surface area (Å²) in [5.41, 5.74) is 1.03. The maximum atomic E-state index is 13.3. The maximum Gasteiger partial charge on any atom is 0.269 e. The summed E-state index contributed by atoms with van der Waals surface area (Å²) in [5.74, 6) is 0.273. The van der Waals surface area contributed by atoms with Gasteiger partial charge in [-0.3, -0.25) is 18.9 Å². The molecule has 1 amide bonds. The van der Waals surface area contributed by atoms with Gasteiger partial charge in [0.15, 0.2) is 0 Å². The fraction of sp³-hybridized carbons (Fsp3) is 0.182. The van der Waals surface area contributed by atoms with E-state index in [4.69, 9.17) is 33.3 Å². The Morgan fingerprint density at radius 2 is 2.06 bits per heavy atom. The molecule has 0 N–H and O–H groups in total. The third kappa shape index (κ3) is 4.42. The molecule has 1 fully saturated rings. The smallest absolute Gasteiger partial charge is 0.269 e. The lowest BCUT2D eigenvalue weighted by atomic mass is 10.2. The van der Waals surface area contributed by atoms with Gasteiger partial charge < -0.3 is 9.47 Å². The Balaban J connectivity index is 1.81. The predicted molar refractivity (Wildman–Crippen MR) is 129 cm³/mol. The lowest BCUT2D eigenvalue weighted by Crippen LogP contribution is -2.31. The average Bonchev–Trinajstić information content (AvgIpc) is 3.04. The van der Waals surface area contributed by atoms with E-state index in [9.17, 15) is 9.59 Å². The van der Waals surface area contributed by atoms with Crippen LogP contribution in [0, 0.1) is 6.92 Å². The molecule has 0 radical (unpaired) electrons. The molecule has 0 atom stereocenters. The van der Waals surface area contributed by atoms with Gasteiger partial charge in [0, 0.05) is 18.3 Å². The zero-order chi connectivity index (χ0) is 22.8. The van der Waals surface area contributed by atoms with Crippen molar-refractivity contribution in [3.63, 3.8) is 0 Å². The van der Waals surface area contributed by atoms with Gasteiger partial charge in [-0.2, -0.15) is 4.98 Å². The molecular weight excluding hydrogens is 470 g/mol. The fourth-order valence-electron chi connectivity index (χ4n) is 3.08. The molecule has 0 saturated carbocycles. The molecule has 0 bridgehead atoms. The quantitative estimate of drug-likeness (QED) is 0.379. The molecule has 0 unspecified atom stereocenters.